The van der Waals surface area contributed by atoms with Crippen LogP contribution in [0.3, 0.4) is 0 Å². The Bertz CT molecular complexity index is 477. The fourth-order valence-electron chi connectivity index (χ4n) is 3.63. The lowest BCUT2D eigenvalue weighted by atomic mass is 9.76. The number of ether oxygens (including phenoxy) is 2. The van der Waals surface area contributed by atoms with Crippen LogP contribution < -0.4 is 0 Å². The molecule has 6 unspecified atom stereocenters. The van der Waals surface area contributed by atoms with Gasteiger partial charge in [0, 0.05) is 0 Å². The zero-order valence-electron chi connectivity index (χ0n) is 15.4. The number of epoxide rings is 2. The maximum atomic E-state index is 10.8. The van der Waals surface area contributed by atoms with E-state index >= 15 is 0 Å². The summed E-state index contributed by atoms with van der Waals surface area (Å²) in [6.07, 6.45) is 6.08. The minimum atomic E-state index is -0.675. The van der Waals surface area contributed by atoms with E-state index in [0.29, 0.717) is 25.0 Å². The highest BCUT2D eigenvalue weighted by molar-refractivity contribution is 5.74. The summed E-state index contributed by atoms with van der Waals surface area (Å²) in [6, 6.07) is 0. The van der Waals surface area contributed by atoms with Gasteiger partial charge in [-0.25, -0.2) is 0 Å². The van der Waals surface area contributed by atoms with Crippen LogP contribution in [0, 0.1) is 10.8 Å². The molecule has 4 N–H and O–H groups in total. The van der Waals surface area contributed by atoms with E-state index in [1.54, 1.807) is 0 Å². The van der Waals surface area contributed by atoms with Crippen molar-refractivity contribution < 1.29 is 39.5 Å². The Kier molecular flexibility index (Phi) is 6.65. The highest BCUT2D eigenvalue weighted by Gasteiger charge is 2.52. The standard InChI is InChI=1S/2C8H12O3.C2H6O2/c2*1-8(7(9)10)3-2-5-6(4-8)11-5;3-1-2-4/h2*5-6H,2-4H2,1H3,(H,9,10);3-4H,1-2H2. The lowest BCUT2D eigenvalue weighted by Crippen LogP contribution is -2.32. The predicted octanol–water partition coefficient (Wildman–Crippen LogP) is 1.03. The molecule has 8 nitrogen and oxygen atoms in total. The van der Waals surface area contributed by atoms with E-state index in [1.807, 2.05) is 13.8 Å². The minimum absolute atomic E-state index is 0.125. The van der Waals surface area contributed by atoms with Crippen molar-refractivity contribution in [1.82, 2.24) is 0 Å². The third kappa shape index (κ3) is 5.16. The van der Waals surface area contributed by atoms with E-state index in [9.17, 15) is 9.59 Å². The monoisotopic (exact) mass is 374 g/mol. The Morgan fingerprint density at radius 2 is 1.15 bits per heavy atom. The van der Waals surface area contributed by atoms with Gasteiger partial charge in [0.2, 0.25) is 0 Å². The van der Waals surface area contributed by atoms with Crippen molar-refractivity contribution in [3.63, 3.8) is 0 Å². The van der Waals surface area contributed by atoms with Crippen molar-refractivity contribution in [2.75, 3.05) is 13.2 Å². The van der Waals surface area contributed by atoms with E-state index in [0.717, 1.165) is 25.7 Å². The Morgan fingerprint density at radius 1 is 0.808 bits per heavy atom. The number of rotatable bonds is 3. The second-order valence-electron chi connectivity index (χ2n) is 8.09. The number of carbonyl (C=O) groups is 2. The summed E-state index contributed by atoms with van der Waals surface area (Å²) in [5.74, 6) is -1.35. The van der Waals surface area contributed by atoms with Gasteiger partial charge in [0.15, 0.2) is 0 Å². The molecule has 0 aromatic heterocycles. The van der Waals surface area contributed by atoms with Crippen LogP contribution in [-0.2, 0) is 19.1 Å². The molecule has 2 aliphatic carbocycles. The maximum Gasteiger partial charge on any atom is 0.309 e. The third-order valence-corrected chi connectivity index (χ3v) is 5.77. The summed E-state index contributed by atoms with van der Waals surface area (Å²) in [6.45, 7) is 3.38. The normalized spacial score (nSPS) is 41.8. The van der Waals surface area contributed by atoms with Crippen molar-refractivity contribution in [2.24, 2.45) is 10.8 Å². The third-order valence-electron chi connectivity index (χ3n) is 5.77. The molecule has 4 fully saturated rings. The van der Waals surface area contributed by atoms with Crippen LogP contribution in [0.2, 0.25) is 0 Å². The highest BCUT2D eigenvalue weighted by atomic mass is 16.6. The lowest BCUT2D eigenvalue weighted by molar-refractivity contribution is -0.150. The highest BCUT2D eigenvalue weighted by Crippen LogP contribution is 2.47. The Hall–Kier alpha value is -1.22. The topological polar surface area (TPSA) is 140 Å². The second kappa shape index (κ2) is 8.21. The molecule has 4 aliphatic rings. The van der Waals surface area contributed by atoms with Crippen LogP contribution >= 0.6 is 0 Å². The van der Waals surface area contributed by atoms with Gasteiger partial charge >= 0.3 is 11.9 Å². The largest absolute Gasteiger partial charge is 0.481 e. The first-order valence-electron chi connectivity index (χ1n) is 9.14. The van der Waals surface area contributed by atoms with Gasteiger partial charge in [0.1, 0.15) is 0 Å². The first-order valence-corrected chi connectivity index (χ1v) is 9.14. The average molecular weight is 374 g/mol. The molecule has 2 saturated carbocycles. The van der Waals surface area contributed by atoms with Crippen molar-refractivity contribution in [3.05, 3.63) is 0 Å². The first kappa shape index (κ1) is 21.1. The summed E-state index contributed by atoms with van der Waals surface area (Å²) < 4.78 is 10.5. The molecule has 6 atom stereocenters. The molecule has 0 radical (unpaired) electrons. The Morgan fingerprint density at radius 3 is 1.38 bits per heavy atom. The van der Waals surface area contributed by atoms with Crippen LogP contribution in [0.1, 0.15) is 52.4 Å². The molecule has 2 saturated heterocycles. The molecule has 0 aromatic carbocycles. The van der Waals surface area contributed by atoms with E-state index in [1.165, 1.54) is 0 Å². The van der Waals surface area contributed by atoms with Crippen LogP contribution in [0.15, 0.2) is 0 Å². The Balaban J connectivity index is 0.000000156. The fraction of sp³-hybridized carbons (Fsp3) is 0.889. The molecule has 26 heavy (non-hydrogen) atoms. The molecule has 150 valence electrons. The number of carboxylic acids is 2. The van der Waals surface area contributed by atoms with Crippen LogP contribution in [-0.4, -0.2) is 70.0 Å². The van der Waals surface area contributed by atoms with E-state index in [4.69, 9.17) is 29.9 Å². The number of aliphatic hydroxyl groups excluding tert-OH is 2. The van der Waals surface area contributed by atoms with Crippen LogP contribution in [0.25, 0.3) is 0 Å². The van der Waals surface area contributed by atoms with Crippen molar-refractivity contribution in [2.45, 2.75) is 76.8 Å². The molecule has 0 aromatic rings. The summed E-state index contributed by atoms with van der Waals surface area (Å²) in [7, 11) is 0. The summed E-state index contributed by atoms with van der Waals surface area (Å²) in [4.78, 5) is 21.6. The van der Waals surface area contributed by atoms with Gasteiger partial charge in [-0.05, 0) is 52.4 Å². The molecule has 0 spiro atoms. The number of fused-ring (bicyclic) bond motifs is 2. The van der Waals surface area contributed by atoms with Crippen LogP contribution in [0.4, 0.5) is 0 Å². The summed E-state index contributed by atoms with van der Waals surface area (Å²) in [5, 5.41) is 33.0. The lowest BCUT2D eigenvalue weighted by Gasteiger charge is -2.26. The number of hydrogen-bond acceptors (Lipinski definition) is 6. The molecule has 0 bridgehead atoms. The smallest absolute Gasteiger partial charge is 0.309 e. The van der Waals surface area contributed by atoms with Crippen molar-refractivity contribution in [1.29, 1.82) is 0 Å². The van der Waals surface area contributed by atoms with Gasteiger partial charge < -0.3 is 29.9 Å². The fourth-order valence-corrected chi connectivity index (χ4v) is 3.63. The quantitative estimate of drug-likeness (QED) is 0.537. The average Bonchev–Trinajstić information content (AvgIpc) is 3.49. The van der Waals surface area contributed by atoms with Gasteiger partial charge in [0.05, 0.1) is 48.5 Å². The van der Waals surface area contributed by atoms with E-state index < -0.39 is 22.8 Å². The van der Waals surface area contributed by atoms with Gasteiger partial charge in [-0.2, -0.15) is 0 Å². The zero-order chi connectivity index (χ0) is 19.5. The zero-order valence-corrected chi connectivity index (χ0v) is 15.4. The van der Waals surface area contributed by atoms with Gasteiger partial charge in [-0.1, -0.05) is 0 Å². The second-order valence-corrected chi connectivity index (χ2v) is 8.09. The minimum Gasteiger partial charge on any atom is -0.481 e. The van der Waals surface area contributed by atoms with Crippen molar-refractivity contribution in [3.8, 4) is 0 Å². The molecule has 2 heterocycles. The number of aliphatic carboxylic acids is 2. The summed E-state index contributed by atoms with van der Waals surface area (Å²) in [5.41, 5.74) is -1.03. The number of hydrogen-bond donors (Lipinski definition) is 4. The molecular formula is C18H30O8. The summed E-state index contributed by atoms with van der Waals surface area (Å²) >= 11 is 0. The molecule has 2 aliphatic heterocycles. The van der Waals surface area contributed by atoms with Crippen LogP contribution in [0.5, 0.6) is 0 Å². The van der Waals surface area contributed by atoms with Gasteiger partial charge in [-0.15, -0.1) is 0 Å². The molecular weight excluding hydrogens is 344 g/mol. The van der Waals surface area contributed by atoms with Gasteiger partial charge in [-0.3, -0.25) is 9.59 Å². The predicted molar refractivity (Wildman–Crippen MR) is 90.7 cm³/mol. The molecule has 0 amide bonds. The van der Waals surface area contributed by atoms with Crippen molar-refractivity contribution >= 4 is 11.9 Å². The van der Waals surface area contributed by atoms with Gasteiger partial charge in [0.25, 0.3) is 0 Å². The molecule has 8 heteroatoms. The SMILES string of the molecule is CC1(C(=O)O)CCC2OC2C1.CC1(C(=O)O)CCC2OC2C1.OCCO. The van der Waals surface area contributed by atoms with E-state index in [2.05, 4.69) is 0 Å². The number of carboxylic acid groups (broad SMARTS) is 2. The Labute approximate surface area is 153 Å². The number of aliphatic hydroxyl groups is 2. The van der Waals surface area contributed by atoms with E-state index in [-0.39, 0.29) is 25.4 Å². The maximum absolute atomic E-state index is 10.8. The molecule has 4 rings (SSSR count). The first-order chi connectivity index (χ1) is 12.1.